The molecule has 2 rings (SSSR count). The first-order chi connectivity index (χ1) is 5.47. The number of hydrogen-bond acceptors (Lipinski definition) is 3. The lowest BCUT2D eigenvalue weighted by molar-refractivity contribution is 1.01. The summed E-state index contributed by atoms with van der Waals surface area (Å²) in [6.45, 7) is 0. The normalized spacial score (nSPS) is 15.8. The molecule has 1 aliphatic heterocycles. The van der Waals surface area contributed by atoms with Crippen LogP contribution in [0.4, 0.5) is 5.69 Å². The van der Waals surface area contributed by atoms with Crippen LogP contribution in [0.5, 0.6) is 0 Å². The zero-order chi connectivity index (χ0) is 7.52. The van der Waals surface area contributed by atoms with E-state index in [1.54, 1.807) is 11.9 Å². The Balaban J connectivity index is 2.23. The molecule has 1 heterocycles. The standard InChI is InChI=1S/C8H8N2S/c1-2-4-8(5-3-1)10-6-7-11-9-10/h1-7,9H. The fourth-order valence-corrected chi connectivity index (χ4v) is 1.46. The minimum atomic E-state index is 1.16. The van der Waals surface area contributed by atoms with Crippen molar-refractivity contribution in [1.82, 2.24) is 4.83 Å². The predicted octanol–water partition coefficient (Wildman–Crippen LogP) is 2.13. The maximum atomic E-state index is 3.11. The van der Waals surface area contributed by atoms with Gasteiger partial charge in [0.05, 0.1) is 5.69 Å². The van der Waals surface area contributed by atoms with E-state index in [1.807, 2.05) is 34.8 Å². The van der Waals surface area contributed by atoms with Crippen LogP contribution in [0.15, 0.2) is 41.9 Å². The SMILES string of the molecule is C1=CN(c2ccccc2)NS1. The number of benzene rings is 1. The fourth-order valence-electron chi connectivity index (χ4n) is 0.936. The van der Waals surface area contributed by atoms with Gasteiger partial charge in [-0.1, -0.05) is 18.2 Å². The third kappa shape index (κ3) is 1.39. The van der Waals surface area contributed by atoms with Crippen LogP contribution in [0.1, 0.15) is 0 Å². The summed E-state index contributed by atoms with van der Waals surface area (Å²) in [6.07, 6.45) is 2.00. The summed E-state index contributed by atoms with van der Waals surface area (Å²) in [4.78, 5) is 3.11. The molecule has 0 radical (unpaired) electrons. The lowest BCUT2D eigenvalue weighted by Crippen LogP contribution is -2.22. The molecular weight excluding hydrogens is 156 g/mol. The summed E-state index contributed by atoms with van der Waals surface area (Å²) in [6, 6.07) is 10.2. The van der Waals surface area contributed by atoms with E-state index in [-0.39, 0.29) is 0 Å². The zero-order valence-electron chi connectivity index (χ0n) is 5.90. The Morgan fingerprint density at radius 1 is 1.18 bits per heavy atom. The van der Waals surface area contributed by atoms with Crippen LogP contribution in [-0.4, -0.2) is 0 Å². The van der Waals surface area contributed by atoms with Gasteiger partial charge >= 0.3 is 0 Å². The number of rotatable bonds is 1. The number of anilines is 1. The largest absolute Gasteiger partial charge is 0.274 e. The molecule has 0 unspecified atom stereocenters. The van der Waals surface area contributed by atoms with Crippen molar-refractivity contribution in [1.29, 1.82) is 0 Å². The van der Waals surface area contributed by atoms with Crippen LogP contribution in [0.2, 0.25) is 0 Å². The second kappa shape index (κ2) is 2.98. The first-order valence-corrected chi connectivity index (χ1v) is 4.27. The topological polar surface area (TPSA) is 15.3 Å². The van der Waals surface area contributed by atoms with Gasteiger partial charge in [0.15, 0.2) is 0 Å². The summed E-state index contributed by atoms with van der Waals surface area (Å²) in [5.74, 6) is 0. The molecule has 0 aromatic heterocycles. The molecule has 0 saturated carbocycles. The average molecular weight is 164 g/mol. The van der Waals surface area contributed by atoms with E-state index < -0.39 is 0 Å². The molecule has 0 aliphatic carbocycles. The molecule has 0 fully saturated rings. The average Bonchev–Trinajstić information content (AvgIpc) is 2.58. The highest BCUT2D eigenvalue weighted by Crippen LogP contribution is 2.18. The molecule has 0 saturated heterocycles. The first kappa shape index (κ1) is 6.76. The van der Waals surface area contributed by atoms with Crippen molar-refractivity contribution in [3.05, 3.63) is 41.9 Å². The molecule has 11 heavy (non-hydrogen) atoms. The Hall–Kier alpha value is -0.930. The quantitative estimate of drug-likeness (QED) is 0.640. The molecule has 1 N–H and O–H groups in total. The molecule has 0 amide bonds. The van der Waals surface area contributed by atoms with Gasteiger partial charge in [-0.25, -0.2) is 0 Å². The Morgan fingerprint density at radius 3 is 2.64 bits per heavy atom. The van der Waals surface area contributed by atoms with Crippen molar-refractivity contribution in [2.45, 2.75) is 0 Å². The van der Waals surface area contributed by atoms with Crippen LogP contribution < -0.4 is 9.84 Å². The molecule has 2 nitrogen and oxygen atoms in total. The molecule has 1 aromatic carbocycles. The maximum Gasteiger partial charge on any atom is 0.0580 e. The number of hydrazine groups is 1. The predicted molar refractivity (Wildman–Crippen MR) is 48.8 cm³/mol. The second-order valence-corrected chi connectivity index (χ2v) is 2.89. The monoisotopic (exact) mass is 164 g/mol. The minimum Gasteiger partial charge on any atom is -0.274 e. The van der Waals surface area contributed by atoms with Crippen molar-refractivity contribution >= 4 is 17.6 Å². The number of para-hydroxylation sites is 1. The lowest BCUT2D eigenvalue weighted by Gasteiger charge is -2.13. The van der Waals surface area contributed by atoms with Crippen LogP contribution in [0, 0.1) is 0 Å². The minimum absolute atomic E-state index is 1.16. The third-order valence-electron chi connectivity index (χ3n) is 1.46. The van der Waals surface area contributed by atoms with E-state index in [2.05, 4.69) is 17.0 Å². The molecule has 1 aliphatic rings. The number of hydrogen-bond donors (Lipinski definition) is 1. The Kier molecular flexibility index (Phi) is 1.83. The van der Waals surface area contributed by atoms with Gasteiger partial charge in [-0.05, 0) is 24.1 Å². The Morgan fingerprint density at radius 2 is 2.00 bits per heavy atom. The maximum absolute atomic E-state index is 3.11. The smallest absolute Gasteiger partial charge is 0.0580 e. The molecule has 0 atom stereocenters. The van der Waals surface area contributed by atoms with Gasteiger partial charge < -0.3 is 0 Å². The number of nitrogens with zero attached hydrogens (tertiary/aromatic N) is 1. The highest BCUT2D eigenvalue weighted by Gasteiger charge is 2.04. The van der Waals surface area contributed by atoms with Gasteiger partial charge in [-0.3, -0.25) is 5.01 Å². The van der Waals surface area contributed by atoms with Crippen LogP contribution in [0.25, 0.3) is 0 Å². The van der Waals surface area contributed by atoms with Gasteiger partial charge in [-0.2, -0.15) is 4.83 Å². The summed E-state index contributed by atoms with van der Waals surface area (Å²) in [5.41, 5.74) is 1.16. The first-order valence-electron chi connectivity index (χ1n) is 3.39. The van der Waals surface area contributed by atoms with Crippen molar-refractivity contribution in [2.75, 3.05) is 5.01 Å². The molecule has 0 bridgehead atoms. The van der Waals surface area contributed by atoms with Gasteiger partial charge in [-0.15, -0.1) is 0 Å². The van der Waals surface area contributed by atoms with Gasteiger partial charge in [0.2, 0.25) is 0 Å². The highest BCUT2D eigenvalue weighted by molar-refractivity contribution is 8.00. The molecule has 1 aromatic rings. The summed E-state index contributed by atoms with van der Waals surface area (Å²) in [7, 11) is 0. The summed E-state index contributed by atoms with van der Waals surface area (Å²) >= 11 is 1.57. The fraction of sp³-hybridized carbons (Fsp3) is 0. The van der Waals surface area contributed by atoms with Gasteiger partial charge in [0, 0.05) is 11.6 Å². The summed E-state index contributed by atoms with van der Waals surface area (Å²) in [5, 5.41) is 3.98. The van der Waals surface area contributed by atoms with E-state index in [1.165, 1.54) is 0 Å². The van der Waals surface area contributed by atoms with Crippen LogP contribution in [-0.2, 0) is 0 Å². The van der Waals surface area contributed by atoms with Crippen molar-refractivity contribution in [3.8, 4) is 0 Å². The van der Waals surface area contributed by atoms with Crippen molar-refractivity contribution < 1.29 is 0 Å². The molecule has 0 spiro atoms. The van der Waals surface area contributed by atoms with Crippen LogP contribution >= 0.6 is 11.9 Å². The molecule has 56 valence electrons. The molecule has 3 heteroatoms. The lowest BCUT2D eigenvalue weighted by atomic mass is 10.3. The van der Waals surface area contributed by atoms with E-state index in [0.717, 1.165) is 5.69 Å². The highest BCUT2D eigenvalue weighted by atomic mass is 32.2. The van der Waals surface area contributed by atoms with Gasteiger partial charge in [0.25, 0.3) is 0 Å². The van der Waals surface area contributed by atoms with Crippen molar-refractivity contribution in [2.24, 2.45) is 0 Å². The Labute approximate surface area is 70.0 Å². The Bertz CT molecular complexity index is 258. The van der Waals surface area contributed by atoms with E-state index in [9.17, 15) is 0 Å². The third-order valence-corrected chi connectivity index (χ3v) is 2.02. The second-order valence-electron chi connectivity index (χ2n) is 2.20. The summed E-state index contributed by atoms with van der Waals surface area (Å²) < 4.78 is 0. The van der Waals surface area contributed by atoms with Gasteiger partial charge in [0.1, 0.15) is 0 Å². The van der Waals surface area contributed by atoms with E-state index >= 15 is 0 Å². The van der Waals surface area contributed by atoms with E-state index in [0.29, 0.717) is 0 Å². The number of nitrogens with one attached hydrogen (secondary N) is 1. The van der Waals surface area contributed by atoms with E-state index in [4.69, 9.17) is 0 Å². The van der Waals surface area contributed by atoms with Crippen LogP contribution in [0.3, 0.4) is 0 Å². The van der Waals surface area contributed by atoms with Crippen molar-refractivity contribution in [3.63, 3.8) is 0 Å². The zero-order valence-corrected chi connectivity index (χ0v) is 6.71. The molecular formula is C8H8N2S.